The number of nitrogens with one attached hydrogen (secondary N) is 2. The first kappa shape index (κ1) is 10.7. The van der Waals surface area contributed by atoms with E-state index in [1.807, 2.05) is 30.5 Å². The number of para-hydroxylation sites is 1. The molecular weight excluding hydrogens is 226 g/mol. The van der Waals surface area contributed by atoms with Crippen LogP contribution in [0, 0.1) is 0 Å². The number of aromatic nitrogens is 2. The Balaban J connectivity index is 0.000000125. The minimum absolute atomic E-state index is 0.185. The number of hydrogen-bond acceptors (Lipinski definition) is 4. The second kappa shape index (κ2) is 4.80. The number of rotatable bonds is 0. The molecule has 2 heterocycles. The molecule has 6 heteroatoms. The highest BCUT2D eigenvalue weighted by molar-refractivity contribution is 8.14. The minimum atomic E-state index is -0.231. The summed E-state index contributed by atoms with van der Waals surface area (Å²) in [6.07, 6.45) is 1.81. The zero-order valence-electron chi connectivity index (χ0n) is 8.27. The maximum Gasteiger partial charge on any atom is 0.286 e. The number of benzene rings is 1. The Morgan fingerprint density at radius 1 is 1.25 bits per heavy atom. The van der Waals surface area contributed by atoms with E-state index >= 15 is 0 Å². The number of thioether (sulfide) groups is 1. The van der Waals surface area contributed by atoms with Crippen LogP contribution in [-0.4, -0.2) is 27.1 Å². The molecule has 1 saturated heterocycles. The van der Waals surface area contributed by atoms with Crippen molar-refractivity contribution in [3.05, 3.63) is 30.5 Å². The van der Waals surface area contributed by atoms with Gasteiger partial charge >= 0.3 is 0 Å². The molecule has 0 saturated carbocycles. The SMILES string of the molecule is O=C1CSC(=O)N1.c1ccc2[nH]ncc2c1. The number of nitrogens with zero attached hydrogens (tertiary/aromatic N) is 1. The minimum Gasteiger partial charge on any atom is -0.286 e. The van der Waals surface area contributed by atoms with E-state index in [0.717, 1.165) is 22.7 Å². The van der Waals surface area contributed by atoms with Gasteiger partial charge in [-0.25, -0.2) is 0 Å². The summed E-state index contributed by atoms with van der Waals surface area (Å²) in [7, 11) is 0. The van der Waals surface area contributed by atoms with Crippen LogP contribution in [0.3, 0.4) is 0 Å². The van der Waals surface area contributed by atoms with Crippen molar-refractivity contribution in [2.24, 2.45) is 0 Å². The summed E-state index contributed by atoms with van der Waals surface area (Å²) in [5.74, 6) is 0.105. The summed E-state index contributed by atoms with van der Waals surface area (Å²) in [6.45, 7) is 0. The molecule has 0 unspecified atom stereocenters. The third-order valence-corrected chi connectivity index (χ3v) is 2.70. The van der Waals surface area contributed by atoms with E-state index in [4.69, 9.17) is 0 Å². The van der Waals surface area contributed by atoms with Crippen LogP contribution < -0.4 is 5.32 Å². The molecule has 0 radical (unpaired) electrons. The lowest BCUT2D eigenvalue weighted by Gasteiger charge is -1.81. The molecule has 2 aromatic rings. The van der Waals surface area contributed by atoms with Gasteiger partial charge in [0.2, 0.25) is 5.91 Å². The number of aromatic amines is 1. The van der Waals surface area contributed by atoms with Crippen LogP contribution in [0.1, 0.15) is 0 Å². The first-order valence-electron chi connectivity index (χ1n) is 4.60. The number of H-pyrrole nitrogens is 1. The van der Waals surface area contributed by atoms with Gasteiger partial charge in [0, 0.05) is 5.39 Å². The normalized spacial score (nSPS) is 14.5. The van der Waals surface area contributed by atoms with Crippen molar-refractivity contribution < 1.29 is 9.59 Å². The van der Waals surface area contributed by atoms with Crippen molar-refractivity contribution >= 4 is 33.8 Å². The van der Waals surface area contributed by atoms with E-state index in [0.29, 0.717) is 5.75 Å². The Bertz CT molecular complexity index is 479. The van der Waals surface area contributed by atoms with Crippen molar-refractivity contribution in [1.82, 2.24) is 15.5 Å². The van der Waals surface area contributed by atoms with Gasteiger partial charge in [0.15, 0.2) is 0 Å². The molecule has 3 rings (SSSR count). The van der Waals surface area contributed by atoms with Crippen molar-refractivity contribution in [1.29, 1.82) is 0 Å². The third-order valence-electron chi connectivity index (χ3n) is 1.93. The van der Waals surface area contributed by atoms with Gasteiger partial charge in [0.1, 0.15) is 0 Å². The third kappa shape index (κ3) is 2.60. The fraction of sp³-hybridized carbons (Fsp3) is 0.100. The highest BCUT2D eigenvalue weighted by Crippen LogP contribution is 2.07. The standard InChI is InChI=1S/C7H6N2.C3H3NO2S/c1-2-4-7-6(3-1)5-8-9-7;5-2-1-7-3(6)4-2/h1-5H,(H,8,9);1H2,(H,4,5,6). The molecular formula is C10H9N3O2S. The lowest BCUT2D eigenvalue weighted by Crippen LogP contribution is -2.18. The Morgan fingerprint density at radius 2 is 2.06 bits per heavy atom. The van der Waals surface area contributed by atoms with Crippen molar-refractivity contribution in [2.45, 2.75) is 0 Å². The zero-order valence-corrected chi connectivity index (χ0v) is 9.08. The number of carbonyl (C=O) groups excluding carboxylic acids is 2. The summed E-state index contributed by atoms with van der Waals surface area (Å²) in [6, 6.07) is 8.01. The molecule has 2 amide bonds. The monoisotopic (exact) mass is 235 g/mol. The van der Waals surface area contributed by atoms with Crippen LogP contribution in [-0.2, 0) is 4.79 Å². The molecule has 16 heavy (non-hydrogen) atoms. The average molecular weight is 235 g/mol. The lowest BCUT2D eigenvalue weighted by atomic mass is 10.3. The van der Waals surface area contributed by atoms with E-state index in [-0.39, 0.29) is 11.1 Å². The zero-order chi connectivity index (χ0) is 11.4. The Kier molecular flexibility index (Phi) is 3.21. The number of fused-ring (bicyclic) bond motifs is 1. The Hall–Kier alpha value is -1.82. The predicted molar refractivity (Wildman–Crippen MR) is 62.1 cm³/mol. The van der Waals surface area contributed by atoms with Crippen LogP contribution in [0.5, 0.6) is 0 Å². The van der Waals surface area contributed by atoms with Gasteiger partial charge in [-0.2, -0.15) is 5.10 Å². The number of carbonyl (C=O) groups is 2. The molecule has 1 fully saturated rings. The highest BCUT2D eigenvalue weighted by Gasteiger charge is 2.16. The average Bonchev–Trinajstić information content (AvgIpc) is 2.88. The van der Waals surface area contributed by atoms with Gasteiger partial charge in [-0.1, -0.05) is 30.0 Å². The van der Waals surface area contributed by atoms with E-state index in [1.54, 1.807) is 0 Å². The molecule has 0 bridgehead atoms. The van der Waals surface area contributed by atoms with Gasteiger partial charge in [0.05, 0.1) is 17.5 Å². The maximum atomic E-state index is 10.1. The van der Waals surface area contributed by atoms with Crippen LogP contribution in [0.25, 0.3) is 10.9 Å². The summed E-state index contributed by atoms with van der Waals surface area (Å²) < 4.78 is 0. The van der Waals surface area contributed by atoms with Gasteiger partial charge in [-0.05, 0) is 6.07 Å². The second-order valence-corrected chi connectivity index (χ2v) is 4.03. The number of amides is 2. The number of imide groups is 1. The Labute approximate surface area is 95.6 Å². The second-order valence-electron chi connectivity index (χ2n) is 3.08. The van der Waals surface area contributed by atoms with Gasteiger partial charge in [-0.3, -0.25) is 20.0 Å². The summed E-state index contributed by atoms with van der Waals surface area (Å²) >= 11 is 1.01. The van der Waals surface area contributed by atoms with Crippen LogP contribution in [0.4, 0.5) is 4.79 Å². The molecule has 82 valence electrons. The molecule has 0 aliphatic carbocycles. The fourth-order valence-corrected chi connectivity index (χ4v) is 1.72. The fourth-order valence-electron chi connectivity index (χ4n) is 1.20. The molecule has 0 spiro atoms. The highest BCUT2D eigenvalue weighted by atomic mass is 32.2. The molecule has 5 nitrogen and oxygen atoms in total. The van der Waals surface area contributed by atoms with Gasteiger partial charge in [-0.15, -0.1) is 0 Å². The molecule has 2 N–H and O–H groups in total. The molecule has 1 aromatic carbocycles. The Morgan fingerprint density at radius 3 is 2.62 bits per heavy atom. The quantitative estimate of drug-likeness (QED) is 0.726. The summed E-state index contributed by atoms with van der Waals surface area (Å²) in [5, 5.41) is 9.78. The first-order chi connectivity index (χ1) is 7.75. The van der Waals surface area contributed by atoms with Crippen molar-refractivity contribution in [3.8, 4) is 0 Å². The van der Waals surface area contributed by atoms with Crippen molar-refractivity contribution in [3.63, 3.8) is 0 Å². The first-order valence-corrected chi connectivity index (χ1v) is 5.59. The number of hydrogen-bond donors (Lipinski definition) is 2. The molecule has 1 aliphatic rings. The van der Waals surface area contributed by atoms with Crippen LogP contribution in [0.2, 0.25) is 0 Å². The van der Waals surface area contributed by atoms with E-state index in [1.165, 1.54) is 0 Å². The topological polar surface area (TPSA) is 74.8 Å². The van der Waals surface area contributed by atoms with Crippen LogP contribution in [0.15, 0.2) is 30.5 Å². The smallest absolute Gasteiger partial charge is 0.286 e. The van der Waals surface area contributed by atoms with Crippen LogP contribution >= 0.6 is 11.8 Å². The van der Waals surface area contributed by atoms with Crippen molar-refractivity contribution in [2.75, 3.05) is 5.75 Å². The molecule has 1 aliphatic heterocycles. The van der Waals surface area contributed by atoms with Gasteiger partial charge in [0.25, 0.3) is 5.24 Å². The largest absolute Gasteiger partial charge is 0.286 e. The van der Waals surface area contributed by atoms with Gasteiger partial charge < -0.3 is 0 Å². The lowest BCUT2D eigenvalue weighted by molar-refractivity contribution is -0.117. The predicted octanol–water partition coefficient (Wildman–Crippen LogP) is 1.53. The van der Waals surface area contributed by atoms with E-state index in [2.05, 4.69) is 15.5 Å². The summed E-state index contributed by atoms with van der Waals surface area (Å²) in [5.41, 5.74) is 1.09. The van der Waals surface area contributed by atoms with E-state index < -0.39 is 0 Å². The maximum absolute atomic E-state index is 10.1. The summed E-state index contributed by atoms with van der Waals surface area (Å²) in [4.78, 5) is 20.2. The van der Waals surface area contributed by atoms with E-state index in [9.17, 15) is 9.59 Å². The molecule has 1 aromatic heterocycles. The molecule has 0 atom stereocenters.